The minimum atomic E-state index is -1.39. The second-order valence-electron chi connectivity index (χ2n) is 9.49. The Hall–Kier alpha value is -4.85. The molecule has 4 rings (SSSR count). The summed E-state index contributed by atoms with van der Waals surface area (Å²) in [5, 5.41) is 14.2. The lowest BCUT2D eigenvalue weighted by molar-refractivity contribution is -0.151. The third kappa shape index (κ3) is 6.71. The molecule has 0 spiro atoms. The number of carbonyl (C=O) groups excluding carboxylic acids is 5. The first kappa shape index (κ1) is 30.1. The van der Waals surface area contributed by atoms with Gasteiger partial charge in [0, 0.05) is 24.8 Å². The smallest absolute Gasteiger partial charge is 0.404 e. The molecule has 0 aliphatic carbocycles. The minimum Gasteiger partial charge on any atom is -0.477 e. The molecule has 0 aromatic heterocycles. The number of nitrogens with zero attached hydrogens (tertiary/aromatic N) is 2. The summed E-state index contributed by atoms with van der Waals surface area (Å²) in [6.45, 7) is -0.392. The monoisotopic (exact) mass is 595 g/mol. The second kappa shape index (κ2) is 13.2. The summed E-state index contributed by atoms with van der Waals surface area (Å²) in [4.78, 5) is 77.1. The van der Waals surface area contributed by atoms with Gasteiger partial charge in [-0.2, -0.15) is 0 Å². The molecule has 14 heteroatoms. The number of nitrogens with two attached hydrogens (primary N) is 1. The highest BCUT2D eigenvalue weighted by Crippen LogP contribution is 2.40. The van der Waals surface area contributed by atoms with Gasteiger partial charge in [0.25, 0.3) is 5.91 Å². The maximum Gasteiger partial charge on any atom is 0.404 e. The Morgan fingerprint density at radius 3 is 2.36 bits per heavy atom. The van der Waals surface area contributed by atoms with Crippen LogP contribution in [0.1, 0.15) is 23.6 Å². The number of rotatable bonds is 10. The fourth-order valence-electron chi connectivity index (χ4n) is 4.53. The van der Waals surface area contributed by atoms with Crippen molar-refractivity contribution in [3.05, 3.63) is 83.1 Å². The highest BCUT2D eigenvalue weighted by molar-refractivity contribution is 8.00. The van der Waals surface area contributed by atoms with Crippen LogP contribution in [0, 0.1) is 0 Å². The van der Waals surface area contributed by atoms with Gasteiger partial charge >= 0.3 is 18.1 Å². The first-order chi connectivity index (χ1) is 20.1. The summed E-state index contributed by atoms with van der Waals surface area (Å²) in [7, 11) is 1.31. The van der Waals surface area contributed by atoms with E-state index in [4.69, 9.17) is 10.5 Å². The van der Waals surface area contributed by atoms with E-state index in [1.165, 1.54) is 18.8 Å². The van der Waals surface area contributed by atoms with E-state index in [0.29, 0.717) is 12.0 Å². The number of primary amides is 1. The second-order valence-corrected chi connectivity index (χ2v) is 10.6. The molecule has 42 heavy (non-hydrogen) atoms. The zero-order valence-corrected chi connectivity index (χ0v) is 23.3. The van der Waals surface area contributed by atoms with Gasteiger partial charge in [-0.25, -0.2) is 14.4 Å². The molecule has 0 bridgehead atoms. The number of β-lactam (4-membered cyclic amide) rings is 1. The van der Waals surface area contributed by atoms with Gasteiger partial charge in [-0.3, -0.25) is 24.2 Å². The van der Waals surface area contributed by atoms with Gasteiger partial charge in [-0.05, 0) is 17.5 Å². The fourth-order valence-corrected chi connectivity index (χ4v) is 5.86. The number of hydrogen-bond acceptors (Lipinski definition) is 8. The van der Waals surface area contributed by atoms with Crippen LogP contribution in [0.3, 0.4) is 0 Å². The van der Waals surface area contributed by atoms with Gasteiger partial charge in [-0.1, -0.05) is 60.7 Å². The number of amides is 6. The summed E-state index contributed by atoms with van der Waals surface area (Å²) in [6.07, 6.45) is -0.576. The highest BCUT2D eigenvalue weighted by atomic mass is 32.2. The van der Waals surface area contributed by atoms with Crippen LogP contribution < -0.4 is 16.4 Å². The van der Waals surface area contributed by atoms with Gasteiger partial charge in [0.05, 0.1) is 0 Å². The normalized spacial score (nSPS) is 18.2. The third-order valence-corrected chi connectivity index (χ3v) is 8.09. The molecule has 2 aromatic carbocycles. The van der Waals surface area contributed by atoms with Crippen molar-refractivity contribution in [1.29, 1.82) is 0 Å². The van der Waals surface area contributed by atoms with Crippen molar-refractivity contribution in [2.45, 2.75) is 30.3 Å². The molecule has 3 atom stereocenters. The average molecular weight is 596 g/mol. The van der Waals surface area contributed by atoms with Crippen LogP contribution in [-0.4, -0.2) is 81.5 Å². The highest BCUT2D eigenvalue weighted by Gasteiger charge is 2.54. The number of fused-ring (bicyclic) bond motifs is 1. The van der Waals surface area contributed by atoms with Crippen LogP contribution in [0.15, 0.2) is 71.9 Å². The summed E-state index contributed by atoms with van der Waals surface area (Å²) in [5.41, 5.74) is 6.18. The van der Waals surface area contributed by atoms with E-state index >= 15 is 0 Å². The van der Waals surface area contributed by atoms with Crippen molar-refractivity contribution in [3.8, 4) is 0 Å². The van der Waals surface area contributed by atoms with Crippen molar-refractivity contribution in [1.82, 2.24) is 20.4 Å². The molecule has 2 aromatic rings. The SMILES string of the molecule is CN(C(=O)CCc1ccccc1)C(=O)NC(C(=O)NC1C(=O)N2C(C(=O)O)=C(COC(N)=O)CS[C@@H]12)c1ccccc1. The molecule has 1 saturated heterocycles. The quantitative estimate of drug-likeness (QED) is 0.294. The first-order valence-corrected chi connectivity index (χ1v) is 13.9. The van der Waals surface area contributed by atoms with E-state index in [1.54, 1.807) is 30.3 Å². The number of thioether (sulfide) groups is 1. The number of imide groups is 1. The lowest BCUT2D eigenvalue weighted by Crippen LogP contribution is -2.71. The minimum absolute atomic E-state index is 0.0767. The number of aliphatic carboxylic acids is 1. The topological polar surface area (TPSA) is 188 Å². The number of hydrogen-bond donors (Lipinski definition) is 4. The Kier molecular flexibility index (Phi) is 9.47. The fraction of sp³-hybridized carbons (Fsp3) is 0.286. The Bertz CT molecular complexity index is 1420. The van der Waals surface area contributed by atoms with E-state index in [1.807, 2.05) is 30.3 Å². The van der Waals surface area contributed by atoms with Crippen LogP contribution >= 0.6 is 11.8 Å². The van der Waals surface area contributed by atoms with Gasteiger partial charge in [-0.15, -0.1) is 11.8 Å². The predicted octanol–water partition coefficient (Wildman–Crippen LogP) is 1.36. The van der Waals surface area contributed by atoms with E-state index in [2.05, 4.69) is 10.6 Å². The van der Waals surface area contributed by atoms with Crippen LogP contribution in [0.2, 0.25) is 0 Å². The Morgan fingerprint density at radius 2 is 1.74 bits per heavy atom. The van der Waals surface area contributed by atoms with E-state index < -0.39 is 59.9 Å². The molecule has 2 aliphatic heterocycles. The van der Waals surface area contributed by atoms with Crippen LogP contribution in [0.5, 0.6) is 0 Å². The number of carboxylic acid groups (broad SMARTS) is 1. The Balaban J connectivity index is 1.45. The zero-order chi connectivity index (χ0) is 30.4. The van der Waals surface area contributed by atoms with Gasteiger partial charge in [0.15, 0.2) is 0 Å². The summed E-state index contributed by atoms with van der Waals surface area (Å²) < 4.78 is 4.72. The first-order valence-electron chi connectivity index (χ1n) is 12.9. The molecule has 2 heterocycles. The molecule has 0 saturated carbocycles. The van der Waals surface area contributed by atoms with Crippen molar-refractivity contribution in [2.75, 3.05) is 19.4 Å². The Labute approximate surface area is 245 Å². The number of aryl methyl sites for hydroxylation is 1. The molecular formula is C28H29N5O8S. The molecule has 2 unspecified atom stereocenters. The van der Waals surface area contributed by atoms with Crippen molar-refractivity contribution in [2.24, 2.45) is 5.73 Å². The van der Waals surface area contributed by atoms with E-state index in [9.17, 15) is 33.9 Å². The van der Waals surface area contributed by atoms with E-state index in [-0.39, 0.29) is 23.4 Å². The van der Waals surface area contributed by atoms with Crippen molar-refractivity contribution >= 4 is 47.6 Å². The maximum absolute atomic E-state index is 13.5. The number of carboxylic acids is 1. The number of urea groups is 1. The molecule has 13 nitrogen and oxygen atoms in total. The standard InChI is InChI=1S/C28H29N5O8S/c1-32(19(34)13-12-16-8-4-2-5-9-16)28(40)31-20(17-10-6-3-7-11-17)23(35)30-21-24(36)33-22(26(37)38)18(14-41-27(29)39)15-42-25(21)33/h2-11,20-21,25H,12-15H2,1H3,(H2,29,39)(H,30,35)(H,31,40)(H,37,38)/t20?,21?,25-/m0/s1. The third-order valence-electron chi connectivity index (χ3n) is 6.75. The molecule has 0 radical (unpaired) electrons. The average Bonchev–Trinajstić information content (AvgIpc) is 2.99. The number of benzene rings is 2. The zero-order valence-electron chi connectivity index (χ0n) is 22.5. The molecule has 1 fully saturated rings. The van der Waals surface area contributed by atoms with E-state index in [0.717, 1.165) is 15.4 Å². The predicted molar refractivity (Wildman–Crippen MR) is 150 cm³/mol. The van der Waals surface area contributed by atoms with Gasteiger partial charge in [0.2, 0.25) is 11.8 Å². The largest absolute Gasteiger partial charge is 0.477 e. The van der Waals surface area contributed by atoms with Crippen LogP contribution in [-0.2, 0) is 30.3 Å². The molecule has 220 valence electrons. The molecule has 5 N–H and O–H groups in total. The lowest BCUT2D eigenvalue weighted by Gasteiger charge is -2.49. The van der Waals surface area contributed by atoms with Gasteiger partial charge < -0.3 is 26.2 Å². The van der Waals surface area contributed by atoms with Crippen LogP contribution in [0.4, 0.5) is 9.59 Å². The van der Waals surface area contributed by atoms with Crippen molar-refractivity contribution < 1.29 is 38.6 Å². The molecule has 2 aliphatic rings. The number of ether oxygens (including phenoxy) is 1. The van der Waals surface area contributed by atoms with Gasteiger partial charge in [0.1, 0.15) is 29.8 Å². The van der Waals surface area contributed by atoms with Crippen LogP contribution in [0.25, 0.3) is 0 Å². The number of carbonyl (C=O) groups is 6. The summed E-state index contributed by atoms with van der Waals surface area (Å²) in [5.74, 6) is -3.13. The molecular weight excluding hydrogens is 566 g/mol. The maximum atomic E-state index is 13.5. The number of nitrogens with one attached hydrogen (secondary N) is 2. The lowest BCUT2D eigenvalue weighted by atomic mass is 10.0. The van der Waals surface area contributed by atoms with Crippen molar-refractivity contribution in [3.63, 3.8) is 0 Å². The summed E-state index contributed by atoms with van der Waals surface area (Å²) >= 11 is 1.18. The summed E-state index contributed by atoms with van der Waals surface area (Å²) in [6, 6.07) is 14.5. The molecule has 6 amide bonds. The Morgan fingerprint density at radius 1 is 1.10 bits per heavy atom.